The molecule has 36 heavy (non-hydrogen) atoms. The maximum atomic E-state index is 13.0. The molecule has 1 aliphatic heterocycles. The monoisotopic (exact) mass is 531 g/mol. The molecule has 194 valence electrons. The highest BCUT2D eigenvalue weighted by atomic mass is 32.1. The van der Waals surface area contributed by atoms with Crippen molar-refractivity contribution in [3.8, 4) is 10.4 Å². The molecule has 0 bridgehead atoms. The number of nitrogens with one attached hydrogen (secondary N) is 1. The first-order valence-electron chi connectivity index (χ1n) is 11.1. The van der Waals surface area contributed by atoms with Crippen LogP contribution in [0, 0.1) is 6.92 Å². The van der Waals surface area contributed by atoms with Gasteiger partial charge in [-0.05, 0) is 62.1 Å². The Bertz CT molecular complexity index is 1210. The Morgan fingerprint density at radius 3 is 2.58 bits per heavy atom. The van der Waals surface area contributed by atoms with Crippen molar-refractivity contribution in [2.24, 2.45) is 0 Å². The molecule has 1 aliphatic rings. The van der Waals surface area contributed by atoms with Crippen LogP contribution < -0.4 is 5.32 Å². The summed E-state index contributed by atoms with van der Waals surface area (Å²) < 4.78 is 77.2. The molecule has 0 aliphatic carbocycles. The number of hydrogen-bond acceptors (Lipinski definition) is 7. The summed E-state index contributed by atoms with van der Waals surface area (Å²) in [7, 11) is 0. The molecular weight excluding hydrogens is 508 g/mol. The molecule has 3 heterocycles. The molecular formula is C23H23F6N5OS. The fraction of sp³-hybridized carbons (Fsp3) is 0.435. The number of rotatable bonds is 5. The molecule has 6 nitrogen and oxygen atoms in total. The molecule has 1 fully saturated rings. The fourth-order valence-corrected chi connectivity index (χ4v) is 5.18. The van der Waals surface area contributed by atoms with Gasteiger partial charge in [0.15, 0.2) is 0 Å². The second kappa shape index (κ2) is 9.94. The van der Waals surface area contributed by atoms with Crippen LogP contribution in [0.3, 0.4) is 0 Å². The van der Waals surface area contributed by atoms with Crippen LogP contribution in [0.5, 0.6) is 0 Å². The maximum absolute atomic E-state index is 13.0. The summed E-state index contributed by atoms with van der Waals surface area (Å²) in [6, 6.07) is 6.07. The van der Waals surface area contributed by atoms with Crippen LogP contribution in [-0.2, 0) is 11.8 Å². The Morgan fingerprint density at radius 1 is 1.08 bits per heavy atom. The van der Waals surface area contributed by atoms with Gasteiger partial charge in [-0.3, -0.25) is 4.90 Å². The third-order valence-corrected chi connectivity index (χ3v) is 7.02. The lowest BCUT2D eigenvalue weighted by molar-refractivity contribution is -0.146. The highest BCUT2D eigenvalue weighted by Crippen LogP contribution is 2.39. The van der Waals surface area contributed by atoms with Gasteiger partial charge in [0.05, 0.1) is 11.4 Å². The molecule has 13 heteroatoms. The van der Waals surface area contributed by atoms with Crippen LogP contribution in [0.15, 0.2) is 36.7 Å². The van der Waals surface area contributed by atoms with E-state index in [9.17, 15) is 31.4 Å². The van der Waals surface area contributed by atoms with Gasteiger partial charge in [0.25, 0.3) is 0 Å². The molecule has 2 aromatic heterocycles. The summed E-state index contributed by atoms with van der Waals surface area (Å²) in [4.78, 5) is 13.7. The van der Waals surface area contributed by atoms with E-state index in [1.807, 2.05) is 13.0 Å². The normalized spacial score (nSPS) is 19.8. The van der Waals surface area contributed by atoms with Crippen molar-refractivity contribution in [2.45, 2.75) is 44.1 Å². The third kappa shape index (κ3) is 6.51. The highest BCUT2D eigenvalue weighted by Gasteiger charge is 2.38. The van der Waals surface area contributed by atoms with Crippen molar-refractivity contribution in [1.29, 1.82) is 0 Å². The third-order valence-electron chi connectivity index (χ3n) is 5.78. The second-order valence-electron chi connectivity index (χ2n) is 8.78. The van der Waals surface area contributed by atoms with E-state index in [0.717, 1.165) is 17.8 Å². The van der Waals surface area contributed by atoms with Crippen molar-refractivity contribution in [3.05, 3.63) is 52.9 Å². The lowest BCUT2D eigenvalue weighted by Gasteiger charge is -2.25. The fourth-order valence-electron chi connectivity index (χ4n) is 4.13. The van der Waals surface area contributed by atoms with Crippen molar-refractivity contribution in [1.82, 2.24) is 19.9 Å². The minimum Gasteiger partial charge on any atom is -0.383 e. The molecule has 1 aromatic carbocycles. The molecule has 0 saturated carbocycles. The molecule has 3 aromatic rings. The summed E-state index contributed by atoms with van der Waals surface area (Å²) in [5, 5.41) is 14.4. The zero-order valence-corrected chi connectivity index (χ0v) is 19.9. The number of halogens is 6. The van der Waals surface area contributed by atoms with Gasteiger partial charge < -0.3 is 10.4 Å². The largest absolute Gasteiger partial charge is 0.433 e. The topological polar surface area (TPSA) is 74.2 Å². The van der Waals surface area contributed by atoms with Crippen LogP contribution in [0.25, 0.3) is 10.4 Å². The molecule has 4 rings (SSSR count). The molecule has 1 saturated heterocycles. The zero-order chi connectivity index (χ0) is 26.1. The number of aromatic nitrogens is 3. The van der Waals surface area contributed by atoms with E-state index < -0.39 is 30.2 Å². The van der Waals surface area contributed by atoms with Crippen LogP contribution >= 0.6 is 11.3 Å². The number of aliphatic hydroxyl groups is 1. The first-order chi connectivity index (χ1) is 16.8. The van der Waals surface area contributed by atoms with E-state index in [0.29, 0.717) is 34.0 Å². The average Bonchev–Trinajstić information content (AvgIpc) is 3.20. The molecule has 0 spiro atoms. The molecule has 1 unspecified atom stereocenters. The number of alkyl halides is 6. The lowest BCUT2D eigenvalue weighted by Crippen LogP contribution is -2.36. The van der Waals surface area contributed by atoms with E-state index >= 15 is 0 Å². The maximum Gasteiger partial charge on any atom is 0.433 e. The minimum atomic E-state index is -4.60. The minimum absolute atomic E-state index is 0.0976. The predicted molar refractivity (Wildman–Crippen MR) is 123 cm³/mol. The van der Waals surface area contributed by atoms with E-state index in [4.69, 9.17) is 0 Å². The van der Waals surface area contributed by atoms with Gasteiger partial charge in [0, 0.05) is 24.6 Å². The highest BCUT2D eigenvalue weighted by molar-refractivity contribution is 7.15. The van der Waals surface area contributed by atoms with Gasteiger partial charge in [-0.1, -0.05) is 6.07 Å². The SMILES string of the molecule is Cc1cc(Nc2nccc(C(F)(F)F)n2)cc(-c2cnc(C3(O)CCCN(CC(F)(F)F)CC3)s2)c1. The summed E-state index contributed by atoms with van der Waals surface area (Å²) >= 11 is 1.23. The Labute approximate surface area is 207 Å². The molecule has 0 radical (unpaired) electrons. The average molecular weight is 532 g/mol. The number of hydrogen-bond donors (Lipinski definition) is 2. The van der Waals surface area contributed by atoms with E-state index in [1.54, 1.807) is 18.3 Å². The van der Waals surface area contributed by atoms with Crippen LogP contribution in [0.2, 0.25) is 0 Å². The Hall–Kier alpha value is -2.77. The van der Waals surface area contributed by atoms with Crippen LogP contribution in [0.4, 0.5) is 38.0 Å². The van der Waals surface area contributed by atoms with E-state index in [-0.39, 0.29) is 25.5 Å². The predicted octanol–water partition coefficient (Wildman–Crippen LogP) is 5.91. The lowest BCUT2D eigenvalue weighted by atomic mass is 9.96. The Morgan fingerprint density at radius 2 is 1.86 bits per heavy atom. The number of likely N-dealkylation sites (tertiary alicyclic amines) is 1. The van der Waals surface area contributed by atoms with E-state index in [1.165, 1.54) is 16.2 Å². The van der Waals surface area contributed by atoms with Crippen LogP contribution in [-0.4, -0.2) is 50.8 Å². The zero-order valence-electron chi connectivity index (χ0n) is 19.1. The number of nitrogens with zero attached hydrogens (tertiary/aromatic N) is 4. The number of benzene rings is 1. The number of aryl methyl sites for hydroxylation is 1. The smallest absolute Gasteiger partial charge is 0.383 e. The van der Waals surface area contributed by atoms with Gasteiger partial charge in [0.2, 0.25) is 5.95 Å². The summed E-state index contributed by atoms with van der Waals surface area (Å²) in [5.74, 6) is -0.206. The van der Waals surface area contributed by atoms with Crippen molar-refractivity contribution >= 4 is 23.0 Å². The van der Waals surface area contributed by atoms with Gasteiger partial charge in [-0.2, -0.15) is 26.3 Å². The van der Waals surface area contributed by atoms with Crippen molar-refractivity contribution < 1.29 is 31.4 Å². The second-order valence-corrected chi connectivity index (χ2v) is 9.81. The molecule has 0 amide bonds. The van der Waals surface area contributed by atoms with Gasteiger partial charge >= 0.3 is 12.4 Å². The van der Waals surface area contributed by atoms with E-state index in [2.05, 4.69) is 20.3 Å². The summed E-state index contributed by atoms with van der Waals surface area (Å²) in [6.45, 7) is 1.14. The Balaban J connectivity index is 1.53. The number of anilines is 2. The first kappa shape index (κ1) is 26.3. The van der Waals surface area contributed by atoms with Gasteiger partial charge in [-0.25, -0.2) is 15.0 Å². The van der Waals surface area contributed by atoms with Gasteiger partial charge in [0.1, 0.15) is 16.3 Å². The van der Waals surface area contributed by atoms with Gasteiger partial charge in [-0.15, -0.1) is 11.3 Å². The van der Waals surface area contributed by atoms with Crippen molar-refractivity contribution in [2.75, 3.05) is 25.0 Å². The van der Waals surface area contributed by atoms with Crippen LogP contribution in [0.1, 0.15) is 35.5 Å². The first-order valence-corrected chi connectivity index (χ1v) is 11.9. The van der Waals surface area contributed by atoms with Crippen molar-refractivity contribution in [3.63, 3.8) is 0 Å². The standard InChI is InChI=1S/C23H23F6N5OS/c1-14-9-15(11-16(10-14)32-20-30-6-3-18(33-20)23(27,28)29)17-12-31-19(36-17)21(35)4-2-7-34(8-5-21)13-22(24,25)26/h3,6,9-12,35H,2,4-5,7-8,13H2,1H3,(H,30,32,33). The number of thiazole rings is 1. The summed E-state index contributed by atoms with van der Waals surface area (Å²) in [5.41, 5.74) is -0.405. The summed E-state index contributed by atoms with van der Waals surface area (Å²) in [6.07, 6.45) is -5.48. The molecule has 1 atom stereocenters. The molecule has 2 N–H and O–H groups in total. The quantitative estimate of drug-likeness (QED) is 0.399. The Kier molecular flexibility index (Phi) is 7.26.